The van der Waals surface area contributed by atoms with Crippen LogP contribution in [0, 0.1) is 11.8 Å². The lowest BCUT2D eigenvalue weighted by molar-refractivity contribution is -0.142. The van der Waals surface area contributed by atoms with Crippen LogP contribution in [0.3, 0.4) is 0 Å². The van der Waals surface area contributed by atoms with E-state index in [9.17, 15) is 9.59 Å². The van der Waals surface area contributed by atoms with Crippen LogP contribution in [0.15, 0.2) is 24.3 Å². The second kappa shape index (κ2) is 8.14. The molecule has 116 valence electrons. The molecule has 0 radical (unpaired) electrons. The molecule has 1 aromatic rings. The van der Waals surface area contributed by atoms with Gasteiger partial charge >= 0.3 is 12.0 Å². The summed E-state index contributed by atoms with van der Waals surface area (Å²) in [6.45, 7) is 4.01. The number of rotatable bonds is 7. The van der Waals surface area contributed by atoms with Gasteiger partial charge in [0, 0.05) is 12.2 Å². The molecule has 0 bridgehead atoms. The van der Waals surface area contributed by atoms with Gasteiger partial charge in [0.15, 0.2) is 0 Å². The fourth-order valence-electron chi connectivity index (χ4n) is 1.91. The van der Waals surface area contributed by atoms with Crippen molar-refractivity contribution in [3.05, 3.63) is 24.3 Å². The van der Waals surface area contributed by atoms with E-state index in [-0.39, 0.29) is 12.5 Å². The molecular formula is C15H22N2O4. The normalized spacial score (nSPS) is 11.8. The first kappa shape index (κ1) is 16.8. The molecule has 0 saturated carbocycles. The number of carbonyl (C=O) groups is 2. The molecule has 0 saturated heterocycles. The fourth-order valence-corrected chi connectivity index (χ4v) is 1.91. The standard InChI is InChI=1S/C15H22N2O4/c1-10(2)8-11(14(18)19)9-16-15(20)17-12-4-6-13(21-3)7-5-12/h4-7,10-11H,8-9H2,1-3H3,(H,18,19)(H2,16,17,20). The van der Waals surface area contributed by atoms with Gasteiger partial charge in [-0.05, 0) is 36.6 Å². The van der Waals surface area contributed by atoms with E-state index in [2.05, 4.69) is 10.6 Å². The number of carboxylic acids is 1. The number of anilines is 1. The molecule has 0 aliphatic carbocycles. The van der Waals surface area contributed by atoms with E-state index in [1.54, 1.807) is 31.4 Å². The Bertz CT molecular complexity index is 471. The molecule has 1 unspecified atom stereocenters. The first-order chi connectivity index (χ1) is 9.92. The first-order valence-corrected chi connectivity index (χ1v) is 6.84. The molecule has 0 aliphatic rings. The highest BCUT2D eigenvalue weighted by molar-refractivity contribution is 5.89. The van der Waals surface area contributed by atoms with Crippen molar-refractivity contribution in [3.63, 3.8) is 0 Å². The van der Waals surface area contributed by atoms with Crippen molar-refractivity contribution >= 4 is 17.7 Å². The molecular weight excluding hydrogens is 272 g/mol. The minimum atomic E-state index is -0.895. The minimum Gasteiger partial charge on any atom is -0.497 e. The summed E-state index contributed by atoms with van der Waals surface area (Å²) in [6, 6.07) is 6.46. The Morgan fingerprint density at radius 3 is 2.33 bits per heavy atom. The third kappa shape index (κ3) is 6.16. The van der Waals surface area contributed by atoms with Crippen molar-refractivity contribution in [3.8, 4) is 5.75 Å². The lowest BCUT2D eigenvalue weighted by atomic mass is 9.97. The van der Waals surface area contributed by atoms with Gasteiger partial charge in [-0.1, -0.05) is 13.8 Å². The molecule has 0 aromatic heterocycles. The molecule has 0 aliphatic heterocycles. The second-order valence-electron chi connectivity index (χ2n) is 5.23. The Morgan fingerprint density at radius 2 is 1.86 bits per heavy atom. The summed E-state index contributed by atoms with van der Waals surface area (Å²) in [4.78, 5) is 22.8. The molecule has 0 fully saturated rings. The highest BCUT2D eigenvalue weighted by atomic mass is 16.5. The Morgan fingerprint density at radius 1 is 1.24 bits per heavy atom. The van der Waals surface area contributed by atoms with Crippen LogP contribution in [0.4, 0.5) is 10.5 Å². The highest BCUT2D eigenvalue weighted by Gasteiger charge is 2.19. The van der Waals surface area contributed by atoms with Gasteiger partial charge in [-0.3, -0.25) is 4.79 Å². The third-order valence-electron chi connectivity index (χ3n) is 2.96. The Balaban J connectivity index is 2.46. The average molecular weight is 294 g/mol. The summed E-state index contributed by atoms with van der Waals surface area (Å²) < 4.78 is 5.02. The maximum Gasteiger partial charge on any atom is 0.319 e. The highest BCUT2D eigenvalue weighted by Crippen LogP contribution is 2.15. The van der Waals surface area contributed by atoms with Crippen molar-refractivity contribution in [2.75, 3.05) is 19.0 Å². The van der Waals surface area contributed by atoms with Crippen molar-refractivity contribution in [2.24, 2.45) is 11.8 Å². The lowest BCUT2D eigenvalue weighted by Crippen LogP contribution is -2.36. The predicted molar refractivity (Wildman–Crippen MR) is 80.6 cm³/mol. The van der Waals surface area contributed by atoms with Crippen molar-refractivity contribution in [1.29, 1.82) is 0 Å². The van der Waals surface area contributed by atoms with Crippen LogP contribution in [0.2, 0.25) is 0 Å². The Kier molecular flexibility index (Phi) is 6.52. The molecule has 1 atom stereocenters. The largest absolute Gasteiger partial charge is 0.497 e. The number of hydrogen-bond donors (Lipinski definition) is 3. The minimum absolute atomic E-state index is 0.107. The van der Waals surface area contributed by atoms with Crippen molar-refractivity contribution < 1.29 is 19.4 Å². The number of ether oxygens (including phenoxy) is 1. The van der Waals surface area contributed by atoms with Crippen LogP contribution < -0.4 is 15.4 Å². The zero-order chi connectivity index (χ0) is 15.8. The summed E-state index contributed by atoms with van der Waals surface area (Å²) in [6.07, 6.45) is 0.526. The topological polar surface area (TPSA) is 87.7 Å². The summed E-state index contributed by atoms with van der Waals surface area (Å²) in [7, 11) is 1.57. The molecule has 0 spiro atoms. The first-order valence-electron chi connectivity index (χ1n) is 6.84. The van der Waals surface area contributed by atoms with Crippen LogP contribution >= 0.6 is 0 Å². The molecule has 2 amide bonds. The molecule has 21 heavy (non-hydrogen) atoms. The van der Waals surface area contributed by atoms with Crippen LogP contribution in [-0.2, 0) is 4.79 Å². The van der Waals surface area contributed by atoms with E-state index < -0.39 is 17.9 Å². The smallest absolute Gasteiger partial charge is 0.319 e. The third-order valence-corrected chi connectivity index (χ3v) is 2.96. The quantitative estimate of drug-likeness (QED) is 0.721. The van der Waals surface area contributed by atoms with Gasteiger partial charge in [-0.25, -0.2) is 4.79 Å². The van der Waals surface area contributed by atoms with Crippen LogP contribution in [0.5, 0.6) is 5.75 Å². The fraction of sp³-hybridized carbons (Fsp3) is 0.467. The number of carbonyl (C=O) groups excluding carboxylic acids is 1. The predicted octanol–water partition coefficient (Wildman–Crippen LogP) is 2.56. The van der Waals surface area contributed by atoms with Crippen LogP contribution in [0.1, 0.15) is 20.3 Å². The summed E-state index contributed by atoms with van der Waals surface area (Å²) >= 11 is 0. The van der Waals surface area contributed by atoms with Gasteiger partial charge in [-0.15, -0.1) is 0 Å². The monoisotopic (exact) mass is 294 g/mol. The van der Waals surface area contributed by atoms with Gasteiger partial charge in [0.25, 0.3) is 0 Å². The van der Waals surface area contributed by atoms with E-state index in [1.165, 1.54) is 0 Å². The van der Waals surface area contributed by atoms with E-state index in [4.69, 9.17) is 9.84 Å². The number of aliphatic carboxylic acids is 1. The van der Waals surface area contributed by atoms with Crippen LogP contribution in [0.25, 0.3) is 0 Å². The second-order valence-corrected chi connectivity index (χ2v) is 5.23. The van der Waals surface area contributed by atoms with E-state index in [0.717, 1.165) is 0 Å². The van der Waals surface area contributed by atoms with E-state index >= 15 is 0 Å². The summed E-state index contributed by atoms with van der Waals surface area (Å²) in [5, 5.41) is 14.3. The molecule has 6 heteroatoms. The van der Waals surface area contributed by atoms with Gasteiger partial charge in [-0.2, -0.15) is 0 Å². The molecule has 1 rings (SSSR count). The van der Waals surface area contributed by atoms with Gasteiger partial charge in [0.1, 0.15) is 5.75 Å². The SMILES string of the molecule is COc1ccc(NC(=O)NCC(CC(C)C)C(=O)O)cc1. The number of amides is 2. The molecule has 0 heterocycles. The number of carboxylic acid groups (broad SMARTS) is 1. The average Bonchev–Trinajstić information content (AvgIpc) is 2.43. The maximum atomic E-state index is 11.7. The number of urea groups is 1. The van der Waals surface area contributed by atoms with Gasteiger partial charge in [0.05, 0.1) is 13.0 Å². The Labute approximate surface area is 124 Å². The molecule has 3 N–H and O–H groups in total. The number of hydrogen-bond acceptors (Lipinski definition) is 3. The van der Waals surface area contributed by atoms with Crippen LogP contribution in [-0.4, -0.2) is 30.8 Å². The lowest BCUT2D eigenvalue weighted by Gasteiger charge is -2.15. The van der Waals surface area contributed by atoms with Gasteiger partial charge < -0.3 is 20.5 Å². The van der Waals surface area contributed by atoms with Crippen molar-refractivity contribution in [1.82, 2.24) is 5.32 Å². The number of methoxy groups -OCH3 is 1. The zero-order valence-corrected chi connectivity index (χ0v) is 12.6. The van der Waals surface area contributed by atoms with E-state index in [0.29, 0.717) is 17.9 Å². The van der Waals surface area contributed by atoms with E-state index in [1.807, 2.05) is 13.8 Å². The zero-order valence-electron chi connectivity index (χ0n) is 12.6. The molecule has 1 aromatic carbocycles. The number of nitrogens with one attached hydrogen (secondary N) is 2. The summed E-state index contributed by atoms with van der Waals surface area (Å²) in [5.74, 6) is -0.513. The van der Waals surface area contributed by atoms with Gasteiger partial charge in [0.2, 0.25) is 0 Å². The Hall–Kier alpha value is -2.24. The number of benzene rings is 1. The van der Waals surface area contributed by atoms with Crippen molar-refractivity contribution in [2.45, 2.75) is 20.3 Å². The molecule has 6 nitrogen and oxygen atoms in total. The maximum absolute atomic E-state index is 11.7. The summed E-state index contributed by atoms with van der Waals surface area (Å²) in [5.41, 5.74) is 0.615.